The van der Waals surface area contributed by atoms with Crippen LogP contribution in [0.4, 0.5) is 0 Å². The third-order valence-electron chi connectivity index (χ3n) is 1.66. The number of thioether (sulfide) groups is 1. The molecule has 0 bridgehead atoms. The van der Waals surface area contributed by atoms with Crippen molar-refractivity contribution in [2.45, 2.75) is 52.4 Å². The molecule has 0 aliphatic rings. The Balaban J connectivity index is 2.69. The lowest BCUT2D eigenvalue weighted by Crippen LogP contribution is -1.78. The second-order valence-corrected chi connectivity index (χ2v) is 3.96. The summed E-state index contributed by atoms with van der Waals surface area (Å²) in [5.74, 6) is 3.70. The monoisotopic (exact) mass is 173 g/mol. The van der Waals surface area contributed by atoms with Crippen LogP contribution >= 0.6 is 11.8 Å². The van der Waals surface area contributed by atoms with Gasteiger partial charge in [0.2, 0.25) is 0 Å². The van der Waals surface area contributed by atoms with Crippen molar-refractivity contribution in [1.29, 1.82) is 0 Å². The quantitative estimate of drug-likeness (QED) is 0.494. The molecule has 1 radical (unpaired) electrons. The van der Waals surface area contributed by atoms with Crippen molar-refractivity contribution in [2.75, 3.05) is 5.75 Å². The van der Waals surface area contributed by atoms with Crippen LogP contribution in [0.15, 0.2) is 0 Å². The Hall–Kier alpha value is 0.350. The fourth-order valence-corrected chi connectivity index (χ4v) is 1.83. The first kappa shape index (κ1) is 11.4. The van der Waals surface area contributed by atoms with Gasteiger partial charge >= 0.3 is 0 Å². The smallest absolute Gasteiger partial charge is 0.0166 e. The third kappa shape index (κ3) is 10.4. The minimum absolute atomic E-state index is 1.31. The molecule has 0 atom stereocenters. The molecular weight excluding hydrogens is 152 g/mol. The summed E-state index contributed by atoms with van der Waals surface area (Å²) < 4.78 is 0. The van der Waals surface area contributed by atoms with Crippen LogP contribution in [0.1, 0.15) is 52.4 Å². The van der Waals surface area contributed by atoms with Gasteiger partial charge in [0.15, 0.2) is 0 Å². The lowest BCUT2D eigenvalue weighted by atomic mass is 10.2. The number of unbranched alkanes of at least 4 members (excludes halogenated alkanes) is 4. The van der Waals surface area contributed by atoms with E-state index in [4.69, 9.17) is 0 Å². The van der Waals surface area contributed by atoms with Crippen LogP contribution in [-0.2, 0) is 0 Å². The van der Waals surface area contributed by atoms with E-state index < -0.39 is 0 Å². The summed E-state index contributed by atoms with van der Waals surface area (Å²) in [5, 5.41) is 0. The highest BCUT2D eigenvalue weighted by Gasteiger charge is 1.89. The van der Waals surface area contributed by atoms with Gasteiger partial charge in [-0.2, -0.15) is 11.8 Å². The first-order chi connectivity index (χ1) is 5.41. The summed E-state index contributed by atoms with van der Waals surface area (Å²) in [4.78, 5) is 0. The SMILES string of the molecule is CCCCC[CH]SCCCC. The van der Waals surface area contributed by atoms with Gasteiger partial charge in [-0.15, -0.1) is 0 Å². The Labute approximate surface area is 76.1 Å². The maximum absolute atomic E-state index is 2.38. The maximum atomic E-state index is 2.38. The highest BCUT2D eigenvalue weighted by molar-refractivity contribution is 8.01. The molecular formula is C10H21S. The Bertz CT molecular complexity index is 53.9. The second-order valence-electron chi connectivity index (χ2n) is 2.89. The van der Waals surface area contributed by atoms with Gasteiger partial charge in [0, 0.05) is 5.75 Å². The molecule has 0 fully saturated rings. The van der Waals surface area contributed by atoms with Gasteiger partial charge in [0.25, 0.3) is 0 Å². The Kier molecular flexibility index (Phi) is 10.7. The van der Waals surface area contributed by atoms with Crippen molar-refractivity contribution in [3.8, 4) is 0 Å². The topological polar surface area (TPSA) is 0 Å². The normalized spacial score (nSPS) is 10.4. The zero-order chi connectivity index (χ0) is 8.36. The van der Waals surface area contributed by atoms with E-state index in [1.54, 1.807) is 0 Å². The molecule has 0 aliphatic heterocycles. The van der Waals surface area contributed by atoms with Gasteiger partial charge in [-0.1, -0.05) is 39.5 Å². The summed E-state index contributed by atoms with van der Waals surface area (Å²) in [6.45, 7) is 4.50. The molecule has 0 aromatic heterocycles. The summed E-state index contributed by atoms with van der Waals surface area (Å²) in [6.07, 6.45) is 8.13. The van der Waals surface area contributed by atoms with Crippen molar-refractivity contribution >= 4 is 11.8 Å². The molecule has 0 aromatic rings. The van der Waals surface area contributed by atoms with Crippen LogP contribution in [0.25, 0.3) is 0 Å². The number of hydrogen-bond donors (Lipinski definition) is 0. The largest absolute Gasteiger partial charge is 0.157 e. The van der Waals surface area contributed by atoms with Crippen LogP contribution in [-0.4, -0.2) is 5.75 Å². The Morgan fingerprint density at radius 2 is 1.73 bits per heavy atom. The van der Waals surface area contributed by atoms with Crippen molar-refractivity contribution in [1.82, 2.24) is 0 Å². The van der Waals surface area contributed by atoms with Crippen LogP contribution in [0, 0.1) is 5.75 Å². The van der Waals surface area contributed by atoms with Gasteiger partial charge in [0.1, 0.15) is 0 Å². The molecule has 0 saturated carbocycles. The van der Waals surface area contributed by atoms with Gasteiger partial charge in [0.05, 0.1) is 0 Å². The number of hydrogen-bond acceptors (Lipinski definition) is 1. The summed E-state index contributed by atoms with van der Waals surface area (Å²) >= 11 is 2.00. The molecule has 0 amide bonds. The van der Waals surface area contributed by atoms with Gasteiger partial charge in [-0.25, -0.2) is 0 Å². The van der Waals surface area contributed by atoms with Gasteiger partial charge < -0.3 is 0 Å². The van der Waals surface area contributed by atoms with E-state index in [2.05, 4.69) is 19.6 Å². The van der Waals surface area contributed by atoms with E-state index in [9.17, 15) is 0 Å². The molecule has 1 heteroatoms. The number of rotatable bonds is 8. The zero-order valence-electron chi connectivity index (χ0n) is 7.94. The van der Waals surface area contributed by atoms with E-state index in [1.807, 2.05) is 11.8 Å². The van der Waals surface area contributed by atoms with Crippen molar-refractivity contribution in [2.24, 2.45) is 0 Å². The predicted molar refractivity (Wildman–Crippen MR) is 55.8 cm³/mol. The molecule has 0 aromatic carbocycles. The molecule has 0 saturated heterocycles. The van der Waals surface area contributed by atoms with E-state index >= 15 is 0 Å². The van der Waals surface area contributed by atoms with E-state index in [0.29, 0.717) is 0 Å². The average Bonchev–Trinajstić information content (AvgIpc) is 2.03. The van der Waals surface area contributed by atoms with Crippen LogP contribution in [0.3, 0.4) is 0 Å². The van der Waals surface area contributed by atoms with Gasteiger partial charge in [-0.05, 0) is 18.6 Å². The second kappa shape index (κ2) is 10.3. The summed E-state index contributed by atoms with van der Waals surface area (Å²) in [5.41, 5.74) is 0. The van der Waals surface area contributed by atoms with E-state index in [1.165, 1.54) is 44.3 Å². The molecule has 67 valence electrons. The molecule has 0 spiro atoms. The third-order valence-corrected chi connectivity index (χ3v) is 2.65. The Morgan fingerprint density at radius 3 is 2.36 bits per heavy atom. The van der Waals surface area contributed by atoms with Crippen molar-refractivity contribution in [3.63, 3.8) is 0 Å². The van der Waals surface area contributed by atoms with Gasteiger partial charge in [-0.3, -0.25) is 0 Å². The summed E-state index contributed by atoms with van der Waals surface area (Å²) in [7, 11) is 0. The van der Waals surface area contributed by atoms with E-state index in [-0.39, 0.29) is 0 Å². The Morgan fingerprint density at radius 1 is 1.00 bits per heavy atom. The molecule has 11 heavy (non-hydrogen) atoms. The first-order valence-corrected chi connectivity index (χ1v) is 5.90. The molecule has 0 N–H and O–H groups in total. The predicted octanol–water partition coefficient (Wildman–Crippen LogP) is 4.26. The maximum Gasteiger partial charge on any atom is 0.0166 e. The van der Waals surface area contributed by atoms with Crippen LogP contribution < -0.4 is 0 Å². The minimum Gasteiger partial charge on any atom is -0.157 e. The molecule has 0 heterocycles. The lowest BCUT2D eigenvalue weighted by molar-refractivity contribution is 0.724. The van der Waals surface area contributed by atoms with Crippen molar-refractivity contribution < 1.29 is 0 Å². The minimum atomic E-state index is 1.31. The zero-order valence-corrected chi connectivity index (χ0v) is 8.75. The molecule has 0 nitrogen and oxygen atoms in total. The molecule has 0 rings (SSSR count). The fourth-order valence-electron chi connectivity index (χ4n) is 0.872. The average molecular weight is 173 g/mol. The highest BCUT2D eigenvalue weighted by Crippen LogP contribution is 2.13. The molecule has 0 unspecified atom stereocenters. The van der Waals surface area contributed by atoms with Crippen LogP contribution in [0.5, 0.6) is 0 Å². The highest BCUT2D eigenvalue weighted by atomic mass is 32.2. The lowest BCUT2D eigenvalue weighted by Gasteiger charge is -1.98. The fraction of sp³-hybridized carbons (Fsp3) is 0.900. The first-order valence-electron chi connectivity index (χ1n) is 4.85. The van der Waals surface area contributed by atoms with E-state index in [0.717, 1.165) is 0 Å². The standard InChI is InChI=1S/C10H21S/c1-3-5-7-8-10-11-9-6-4-2/h10H,3-9H2,1-2H3. The molecule has 0 aliphatic carbocycles. The van der Waals surface area contributed by atoms with Crippen LogP contribution in [0.2, 0.25) is 0 Å². The van der Waals surface area contributed by atoms with Crippen molar-refractivity contribution in [3.05, 3.63) is 5.75 Å². The summed E-state index contributed by atoms with van der Waals surface area (Å²) in [6, 6.07) is 0.